The summed E-state index contributed by atoms with van der Waals surface area (Å²) in [6, 6.07) is 7.76. The van der Waals surface area contributed by atoms with E-state index in [0.717, 1.165) is 35.5 Å². The maximum absolute atomic E-state index is 11.2. The van der Waals surface area contributed by atoms with Crippen molar-refractivity contribution in [3.05, 3.63) is 53.1 Å². The van der Waals surface area contributed by atoms with Crippen LogP contribution in [0, 0.1) is 6.92 Å². The van der Waals surface area contributed by atoms with Crippen molar-refractivity contribution in [2.45, 2.75) is 49.6 Å². The van der Waals surface area contributed by atoms with Gasteiger partial charge in [-0.2, -0.15) is 0 Å². The molecule has 3 rings (SSSR count). The average molecular weight is 339 g/mol. The topological polar surface area (TPSA) is 38.0 Å². The average Bonchev–Trinajstić information content (AvgIpc) is 3.14. The van der Waals surface area contributed by atoms with Crippen LogP contribution in [0.25, 0.3) is 0 Å². The lowest BCUT2D eigenvalue weighted by atomic mass is 9.89. The summed E-state index contributed by atoms with van der Waals surface area (Å²) >= 11 is 12.5. The van der Waals surface area contributed by atoms with Gasteiger partial charge in [-0.15, -0.1) is 11.6 Å². The van der Waals surface area contributed by atoms with E-state index < -0.39 is 10.5 Å². The number of aromatic nitrogens is 2. The molecule has 0 spiro atoms. The number of alkyl halides is 1. The van der Waals surface area contributed by atoms with Crippen molar-refractivity contribution in [2.75, 3.05) is 0 Å². The third-order valence-electron chi connectivity index (χ3n) is 4.62. The fraction of sp³-hybridized carbons (Fsp3) is 0.471. The Morgan fingerprint density at radius 2 is 2.00 bits per heavy atom. The van der Waals surface area contributed by atoms with E-state index in [1.165, 1.54) is 0 Å². The minimum absolute atomic E-state index is 0.482. The quantitative estimate of drug-likeness (QED) is 0.809. The minimum atomic E-state index is -0.931. The fourth-order valence-electron chi connectivity index (χ4n) is 2.86. The number of nitrogens with zero attached hydrogens (tertiary/aromatic N) is 2. The molecule has 1 N–H and O–H groups in total. The van der Waals surface area contributed by atoms with Gasteiger partial charge in [-0.05, 0) is 50.3 Å². The molecule has 0 radical (unpaired) electrons. The SMILES string of the molecule is Cc1cncn1CC(O)(CCc1ccc(Cl)cc1)C1(Cl)CC1. The van der Waals surface area contributed by atoms with Gasteiger partial charge in [0, 0.05) is 16.9 Å². The van der Waals surface area contributed by atoms with Gasteiger partial charge in [0.05, 0.1) is 17.7 Å². The van der Waals surface area contributed by atoms with Gasteiger partial charge in [0.2, 0.25) is 0 Å². The van der Waals surface area contributed by atoms with Gasteiger partial charge in [0.25, 0.3) is 0 Å². The molecule has 118 valence electrons. The Morgan fingerprint density at radius 1 is 1.32 bits per heavy atom. The number of aliphatic hydroxyl groups is 1. The molecule has 3 nitrogen and oxygen atoms in total. The molecule has 2 aromatic rings. The van der Waals surface area contributed by atoms with Crippen molar-refractivity contribution in [1.29, 1.82) is 0 Å². The van der Waals surface area contributed by atoms with E-state index in [9.17, 15) is 5.11 Å². The Morgan fingerprint density at radius 3 is 2.55 bits per heavy atom. The number of imidazole rings is 1. The summed E-state index contributed by atoms with van der Waals surface area (Å²) in [5, 5.41) is 11.9. The standard InChI is InChI=1S/C17H20Cl2N2O/c1-13-10-20-12-21(13)11-17(22,16(19)8-9-16)7-6-14-2-4-15(18)5-3-14/h2-5,10,12,22H,6-9,11H2,1H3. The first-order valence-corrected chi connectivity index (χ1v) is 8.30. The lowest BCUT2D eigenvalue weighted by molar-refractivity contribution is 0.00221. The minimum Gasteiger partial charge on any atom is -0.386 e. The highest BCUT2D eigenvalue weighted by Gasteiger charge is 2.57. The first-order valence-electron chi connectivity index (χ1n) is 7.54. The van der Waals surface area contributed by atoms with Gasteiger partial charge >= 0.3 is 0 Å². The molecule has 1 unspecified atom stereocenters. The Hall–Kier alpha value is -1.03. The summed E-state index contributed by atoms with van der Waals surface area (Å²) in [6.07, 6.45) is 6.67. The Bertz CT molecular complexity index is 649. The second-order valence-corrected chi connectivity index (χ2v) is 7.45. The Kier molecular flexibility index (Phi) is 4.23. The van der Waals surface area contributed by atoms with E-state index in [1.807, 2.05) is 35.8 Å². The van der Waals surface area contributed by atoms with Gasteiger partial charge in [0.1, 0.15) is 5.60 Å². The Labute approximate surface area is 140 Å². The monoisotopic (exact) mass is 338 g/mol. The molecule has 1 aliphatic carbocycles. The van der Waals surface area contributed by atoms with Crippen LogP contribution >= 0.6 is 23.2 Å². The summed E-state index contributed by atoms with van der Waals surface area (Å²) in [7, 11) is 0. The number of rotatable bonds is 6. The smallest absolute Gasteiger partial charge is 0.102 e. The molecule has 0 bridgehead atoms. The van der Waals surface area contributed by atoms with Crippen LogP contribution in [-0.2, 0) is 13.0 Å². The second kappa shape index (κ2) is 5.88. The molecular weight excluding hydrogens is 319 g/mol. The zero-order chi connectivity index (χ0) is 15.8. The normalized spacial score (nSPS) is 18.9. The summed E-state index contributed by atoms with van der Waals surface area (Å²) < 4.78 is 1.98. The fourth-order valence-corrected chi connectivity index (χ4v) is 3.23. The van der Waals surface area contributed by atoms with E-state index in [1.54, 1.807) is 12.5 Å². The van der Waals surface area contributed by atoms with Gasteiger partial charge in [-0.1, -0.05) is 23.7 Å². The molecule has 1 saturated carbocycles. The van der Waals surface area contributed by atoms with Gasteiger partial charge in [-0.3, -0.25) is 0 Å². The number of hydrogen-bond donors (Lipinski definition) is 1. The summed E-state index contributed by atoms with van der Waals surface area (Å²) in [5.41, 5.74) is 1.26. The number of benzene rings is 1. The summed E-state index contributed by atoms with van der Waals surface area (Å²) in [4.78, 5) is 3.63. The number of aryl methyl sites for hydroxylation is 2. The third kappa shape index (κ3) is 3.17. The molecule has 1 heterocycles. The van der Waals surface area contributed by atoms with Crippen molar-refractivity contribution in [1.82, 2.24) is 9.55 Å². The molecular formula is C17H20Cl2N2O. The van der Waals surface area contributed by atoms with E-state index in [-0.39, 0.29) is 0 Å². The van der Waals surface area contributed by atoms with Crippen molar-refractivity contribution >= 4 is 23.2 Å². The highest BCUT2D eigenvalue weighted by atomic mass is 35.5. The Balaban J connectivity index is 1.75. The molecule has 5 heteroatoms. The zero-order valence-electron chi connectivity index (χ0n) is 12.6. The lowest BCUT2D eigenvalue weighted by Crippen LogP contribution is -2.45. The van der Waals surface area contributed by atoms with Crippen LogP contribution in [0.15, 0.2) is 36.8 Å². The number of halogens is 2. The predicted octanol–water partition coefficient (Wildman–Crippen LogP) is 3.98. The maximum Gasteiger partial charge on any atom is 0.102 e. The van der Waals surface area contributed by atoms with Crippen LogP contribution in [-0.4, -0.2) is 25.1 Å². The van der Waals surface area contributed by atoms with Crippen molar-refractivity contribution in [2.24, 2.45) is 0 Å². The lowest BCUT2D eigenvalue weighted by Gasteiger charge is -2.34. The molecule has 1 aliphatic rings. The van der Waals surface area contributed by atoms with E-state index >= 15 is 0 Å². The summed E-state index contributed by atoms with van der Waals surface area (Å²) in [5.74, 6) is 0. The first kappa shape index (κ1) is 15.9. The number of hydrogen-bond acceptors (Lipinski definition) is 2. The van der Waals surface area contributed by atoms with Gasteiger partial charge < -0.3 is 9.67 Å². The van der Waals surface area contributed by atoms with Crippen LogP contribution in [0.3, 0.4) is 0 Å². The van der Waals surface area contributed by atoms with Crippen LogP contribution < -0.4 is 0 Å². The first-order chi connectivity index (χ1) is 10.4. The van der Waals surface area contributed by atoms with E-state index in [0.29, 0.717) is 13.0 Å². The molecule has 1 fully saturated rings. The van der Waals surface area contributed by atoms with E-state index in [2.05, 4.69) is 4.98 Å². The van der Waals surface area contributed by atoms with E-state index in [4.69, 9.17) is 23.2 Å². The molecule has 1 atom stereocenters. The van der Waals surface area contributed by atoms with Crippen LogP contribution in [0.2, 0.25) is 5.02 Å². The highest BCUT2D eigenvalue weighted by molar-refractivity contribution is 6.30. The molecule has 22 heavy (non-hydrogen) atoms. The summed E-state index contributed by atoms with van der Waals surface area (Å²) in [6.45, 7) is 2.47. The molecule has 1 aromatic carbocycles. The van der Waals surface area contributed by atoms with Crippen LogP contribution in [0.4, 0.5) is 0 Å². The third-order valence-corrected chi connectivity index (χ3v) is 5.60. The largest absolute Gasteiger partial charge is 0.386 e. The van der Waals surface area contributed by atoms with Crippen molar-refractivity contribution in [3.8, 4) is 0 Å². The molecule has 0 aliphatic heterocycles. The molecule has 0 amide bonds. The molecule has 0 saturated heterocycles. The van der Waals surface area contributed by atoms with Crippen LogP contribution in [0.1, 0.15) is 30.5 Å². The predicted molar refractivity (Wildman–Crippen MR) is 89.5 cm³/mol. The van der Waals surface area contributed by atoms with Gasteiger partial charge in [0.15, 0.2) is 0 Å². The second-order valence-electron chi connectivity index (χ2n) is 6.29. The molecule has 1 aromatic heterocycles. The zero-order valence-corrected chi connectivity index (χ0v) is 14.1. The van der Waals surface area contributed by atoms with Crippen molar-refractivity contribution < 1.29 is 5.11 Å². The highest BCUT2D eigenvalue weighted by Crippen LogP contribution is 2.53. The maximum atomic E-state index is 11.2. The van der Waals surface area contributed by atoms with Crippen molar-refractivity contribution in [3.63, 3.8) is 0 Å². The van der Waals surface area contributed by atoms with Gasteiger partial charge in [-0.25, -0.2) is 4.98 Å². The van der Waals surface area contributed by atoms with Crippen LogP contribution in [0.5, 0.6) is 0 Å².